The Morgan fingerprint density at radius 1 is 1.39 bits per heavy atom. The van der Waals surface area contributed by atoms with Gasteiger partial charge >= 0.3 is 0 Å². The molecule has 2 rings (SSSR count). The van der Waals surface area contributed by atoms with Crippen LogP contribution in [-0.2, 0) is 6.54 Å². The summed E-state index contributed by atoms with van der Waals surface area (Å²) < 4.78 is 13.6. The zero-order valence-corrected chi connectivity index (χ0v) is 14.9. The summed E-state index contributed by atoms with van der Waals surface area (Å²) >= 11 is 0. The Balaban J connectivity index is 1.89. The molecule has 0 aromatic heterocycles. The minimum absolute atomic E-state index is 0.163. The molecule has 1 aliphatic heterocycles. The lowest BCUT2D eigenvalue weighted by Gasteiger charge is -2.22. The zero-order chi connectivity index (χ0) is 17.0. The van der Waals surface area contributed by atoms with E-state index < -0.39 is 0 Å². The minimum atomic E-state index is -0.163. The number of nitrogens with one attached hydrogen (secondary N) is 2. The highest BCUT2D eigenvalue weighted by Gasteiger charge is 2.31. The Morgan fingerprint density at radius 2 is 2.13 bits per heavy atom. The Kier molecular flexibility index (Phi) is 5.99. The van der Waals surface area contributed by atoms with E-state index in [2.05, 4.69) is 41.3 Å². The van der Waals surface area contributed by atoms with Crippen molar-refractivity contribution >= 4 is 5.96 Å². The fourth-order valence-electron chi connectivity index (χ4n) is 2.92. The molecule has 0 amide bonds. The number of benzene rings is 1. The molecule has 2 unspecified atom stereocenters. The van der Waals surface area contributed by atoms with E-state index in [4.69, 9.17) is 0 Å². The number of hydrogen-bond acceptors (Lipinski definition) is 2. The Bertz CT molecular complexity index is 556. The predicted octanol–water partition coefficient (Wildman–Crippen LogP) is 2.53. The van der Waals surface area contributed by atoms with Gasteiger partial charge in [-0.3, -0.25) is 9.89 Å². The maximum absolute atomic E-state index is 13.6. The molecule has 1 aromatic carbocycles. The van der Waals surface area contributed by atoms with Crippen LogP contribution in [0.4, 0.5) is 4.39 Å². The molecule has 1 aliphatic rings. The summed E-state index contributed by atoms with van der Waals surface area (Å²) in [6.07, 6.45) is 0. The van der Waals surface area contributed by atoms with Crippen molar-refractivity contribution in [1.82, 2.24) is 15.5 Å². The van der Waals surface area contributed by atoms with Crippen LogP contribution in [0.2, 0.25) is 0 Å². The van der Waals surface area contributed by atoms with Crippen LogP contribution in [0.1, 0.15) is 31.9 Å². The first-order valence-electron chi connectivity index (χ1n) is 8.37. The zero-order valence-electron chi connectivity index (χ0n) is 14.9. The second-order valence-electron chi connectivity index (χ2n) is 6.79. The topological polar surface area (TPSA) is 39.7 Å². The maximum Gasteiger partial charge on any atom is 0.191 e. The molecule has 0 saturated carbocycles. The highest BCUT2D eigenvalue weighted by molar-refractivity contribution is 5.80. The molecule has 5 heteroatoms. The number of aliphatic imine (C=N–C) groups is 1. The Labute approximate surface area is 139 Å². The first-order valence-corrected chi connectivity index (χ1v) is 8.37. The Hall–Kier alpha value is -1.62. The van der Waals surface area contributed by atoms with Gasteiger partial charge in [-0.1, -0.05) is 19.1 Å². The standard InChI is InChI=1S/C18H29FN4/c1-12(2)23-10-14(4)17(11-23)22-18(20-5)21-9-15-7-6-13(3)16(19)8-15/h6-8,12,14,17H,9-11H2,1-5H3,(H2,20,21,22). The fraction of sp³-hybridized carbons (Fsp3) is 0.611. The van der Waals surface area contributed by atoms with Crippen molar-refractivity contribution in [3.05, 3.63) is 35.1 Å². The molecule has 1 heterocycles. The van der Waals surface area contributed by atoms with Gasteiger partial charge in [0.25, 0.3) is 0 Å². The van der Waals surface area contributed by atoms with E-state index in [1.807, 2.05) is 12.1 Å². The molecule has 1 fully saturated rings. The van der Waals surface area contributed by atoms with Gasteiger partial charge in [0.2, 0.25) is 0 Å². The van der Waals surface area contributed by atoms with Crippen LogP contribution in [0, 0.1) is 18.7 Å². The van der Waals surface area contributed by atoms with Gasteiger partial charge in [0, 0.05) is 38.8 Å². The molecule has 23 heavy (non-hydrogen) atoms. The average molecular weight is 320 g/mol. The highest BCUT2D eigenvalue weighted by Crippen LogP contribution is 2.18. The summed E-state index contributed by atoms with van der Waals surface area (Å²) in [5, 5.41) is 6.78. The van der Waals surface area contributed by atoms with E-state index in [1.54, 1.807) is 20.0 Å². The smallest absolute Gasteiger partial charge is 0.191 e. The van der Waals surface area contributed by atoms with E-state index in [0.29, 0.717) is 30.1 Å². The monoisotopic (exact) mass is 320 g/mol. The number of aryl methyl sites for hydroxylation is 1. The average Bonchev–Trinajstić information content (AvgIpc) is 2.88. The first kappa shape index (κ1) is 17.7. The fourth-order valence-corrected chi connectivity index (χ4v) is 2.92. The SMILES string of the molecule is CN=C(NCc1ccc(C)c(F)c1)NC1CN(C(C)C)CC1C. The van der Waals surface area contributed by atoms with E-state index in [9.17, 15) is 4.39 Å². The van der Waals surface area contributed by atoms with E-state index >= 15 is 0 Å². The van der Waals surface area contributed by atoms with Crippen LogP contribution in [0.3, 0.4) is 0 Å². The molecular formula is C18H29FN4. The minimum Gasteiger partial charge on any atom is -0.352 e. The number of rotatable bonds is 4. The van der Waals surface area contributed by atoms with Gasteiger partial charge in [0.15, 0.2) is 5.96 Å². The van der Waals surface area contributed by atoms with Gasteiger partial charge in [-0.15, -0.1) is 0 Å². The summed E-state index contributed by atoms with van der Waals surface area (Å²) in [5.74, 6) is 1.19. The second-order valence-corrected chi connectivity index (χ2v) is 6.79. The normalized spacial score (nSPS) is 22.7. The maximum atomic E-state index is 13.6. The van der Waals surface area contributed by atoms with Crippen molar-refractivity contribution in [3.8, 4) is 0 Å². The number of likely N-dealkylation sites (tertiary alicyclic amines) is 1. The third-order valence-corrected chi connectivity index (χ3v) is 4.61. The molecule has 0 radical (unpaired) electrons. The van der Waals surface area contributed by atoms with E-state index in [0.717, 1.165) is 24.6 Å². The van der Waals surface area contributed by atoms with Gasteiger partial charge in [-0.2, -0.15) is 0 Å². The summed E-state index contributed by atoms with van der Waals surface area (Å²) in [5.41, 5.74) is 1.59. The van der Waals surface area contributed by atoms with Crippen molar-refractivity contribution in [2.75, 3.05) is 20.1 Å². The molecule has 0 bridgehead atoms. The van der Waals surface area contributed by atoms with Crippen LogP contribution in [0.15, 0.2) is 23.2 Å². The molecule has 128 valence electrons. The predicted molar refractivity (Wildman–Crippen MR) is 94.1 cm³/mol. The van der Waals surface area contributed by atoms with Gasteiger partial charge < -0.3 is 10.6 Å². The number of guanidine groups is 1. The van der Waals surface area contributed by atoms with Crippen molar-refractivity contribution in [1.29, 1.82) is 0 Å². The molecule has 0 spiro atoms. The molecule has 0 aliphatic carbocycles. The van der Waals surface area contributed by atoms with Gasteiger partial charge in [0.05, 0.1) is 0 Å². The van der Waals surface area contributed by atoms with Crippen LogP contribution >= 0.6 is 0 Å². The van der Waals surface area contributed by atoms with Crippen LogP contribution in [0.25, 0.3) is 0 Å². The Morgan fingerprint density at radius 3 is 2.70 bits per heavy atom. The number of halogens is 1. The van der Waals surface area contributed by atoms with Crippen LogP contribution in [0.5, 0.6) is 0 Å². The van der Waals surface area contributed by atoms with Crippen molar-refractivity contribution in [2.45, 2.75) is 46.3 Å². The van der Waals surface area contributed by atoms with Crippen LogP contribution < -0.4 is 10.6 Å². The van der Waals surface area contributed by atoms with Crippen molar-refractivity contribution in [3.63, 3.8) is 0 Å². The van der Waals surface area contributed by atoms with Gasteiger partial charge in [-0.05, 0) is 43.9 Å². The number of nitrogens with zero attached hydrogens (tertiary/aromatic N) is 2. The van der Waals surface area contributed by atoms with Gasteiger partial charge in [0.1, 0.15) is 5.82 Å². The summed E-state index contributed by atoms with van der Waals surface area (Å²) in [6.45, 7) is 11.2. The highest BCUT2D eigenvalue weighted by atomic mass is 19.1. The van der Waals surface area contributed by atoms with Crippen molar-refractivity contribution < 1.29 is 4.39 Å². The summed E-state index contributed by atoms with van der Waals surface area (Å²) in [6, 6.07) is 6.28. The van der Waals surface area contributed by atoms with E-state index in [1.165, 1.54) is 0 Å². The first-order chi connectivity index (χ1) is 10.9. The quantitative estimate of drug-likeness (QED) is 0.661. The number of hydrogen-bond donors (Lipinski definition) is 2. The molecule has 1 saturated heterocycles. The molecule has 4 nitrogen and oxygen atoms in total. The van der Waals surface area contributed by atoms with Gasteiger partial charge in [-0.25, -0.2) is 4.39 Å². The van der Waals surface area contributed by atoms with E-state index in [-0.39, 0.29) is 5.82 Å². The lowest BCUT2D eigenvalue weighted by Crippen LogP contribution is -2.46. The second kappa shape index (κ2) is 7.77. The molecule has 2 N–H and O–H groups in total. The molecular weight excluding hydrogens is 291 g/mol. The molecule has 1 aromatic rings. The largest absolute Gasteiger partial charge is 0.352 e. The summed E-state index contributed by atoms with van der Waals surface area (Å²) in [4.78, 5) is 6.77. The van der Waals surface area contributed by atoms with Crippen molar-refractivity contribution in [2.24, 2.45) is 10.9 Å². The van der Waals surface area contributed by atoms with Crippen LogP contribution in [-0.4, -0.2) is 43.1 Å². The molecule has 2 atom stereocenters. The summed E-state index contributed by atoms with van der Waals surface area (Å²) in [7, 11) is 1.77. The third kappa shape index (κ3) is 4.67. The lowest BCUT2D eigenvalue weighted by atomic mass is 10.1. The lowest BCUT2D eigenvalue weighted by molar-refractivity contribution is 0.265. The third-order valence-electron chi connectivity index (χ3n) is 4.61.